The number of methoxy groups -OCH3 is 1. The number of Topliss-reactive ketones (excluding diaryl/α,β-unsaturated/α-hetero) is 1. The van der Waals surface area contributed by atoms with Crippen molar-refractivity contribution >= 4 is 17.7 Å². The lowest BCUT2D eigenvalue weighted by atomic mass is 9.83. The Labute approximate surface area is 228 Å². The van der Waals surface area contributed by atoms with Gasteiger partial charge in [0.15, 0.2) is 11.9 Å². The Morgan fingerprint density at radius 2 is 1.50 bits per heavy atom. The van der Waals surface area contributed by atoms with Crippen LogP contribution in [0.2, 0.25) is 0 Å². The number of amides is 1. The van der Waals surface area contributed by atoms with E-state index in [9.17, 15) is 45.8 Å². The average Bonchev–Trinajstić information content (AvgIpc) is 2.80. The van der Waals surface area contributed by atoms with Gasteiger partial charge in [0.2, 0.25) is 5.91 Å². The molecule has 0 aromatic heterocycles. The van der Waals surface area contributed by atoms with Crippen LogP contribution in [-0.2, 0) is 23.9 Å². The van der Waals surface area contributed by atoms with Gasteiger partial charge in [0, 0.05) is 12.3 Å². The van der Waals surface area contributed by atoms with Crippen LogP contribution in [0.5, 0.6) is 5.75 Å². The fourth-order valence-corrected chi connectivity index (χ4v) is 3.72. The Morgan fingerprint density at radius 1 is 0.950 bits per heavy atom. The zero-order valence-electron chi connectivity index (χ0n) is 23.0. The van der Waals surface area contributed by atoms with E-state index in [2.05, 4.69) is 10.1 Å². The lowest BCUT2D eigenvalue weighted by Crippen LogP contribution is -2.44. The number of halogens is 6. The molecule has 2 N–H and O–H groups in total. The van der Waals surface area contributed by atoms with Crippen molar-refractivity contribution in [3.8, 4) is 5.75 Å². The predicted octanol–water partition coefficient (Wildman–Crippen LogP) is 4.89. The van der Waals surface area contributed by atoms with Crippen molar-refractivity contribution in [3.63, 3.8) is 0 Å². The molecule has 4 atom stereocenters. The minimum Gasteiger partial charge on any atom is -0.497 e. The summed E-state index contributed by atoms with van der Waals surface area (Å²) in [5.74, 6) is -7.00. The van der Waals surface area contributed by atoms with Gasteiger partial charge in [-0.2, -0.15) is 13.2 Å². The third kappa shape index (κ3) is 12.1. The van der Waals surface area contributed by atoms with Gasteiger partial charge in [0.25, 0.3) is 0 Å². The number of ether oxygens (including phenoxy) is 3. The Morgan fingerprint density at radius 3 is 1.93 bits per heavy atom. The largest absolute Gasteiger partial charge is 0.522 e. The monoisotopic (exact) mass is 587 g/mol. The van der Waals surface area contributed by atoms with E-state index < -0.39 is 85.1 Å². The molecule has 0 fully saturated rings. The highest BCUT2D eigenvalue weighted by molar-refractivity contribution is 5.92. The summed E-state index contributed by atoms with van der Waals surface area (Å²) in [4.78, 5) is 38.7. The number of esters is 1. The third-order valence-electron chi connectivity index (χ3n) is 5.74. The minimum atomic E-state index is -5.14. The molecule has 0 unspecified atom stereocenters. The molecule has 1 aromatic carbocycles. The SMILES string of the molecule is COc1ccc([C@H](NC(=O)[C@H](COC(F)(F)F)CC(=O)OC(C)(C)C)C(=O)C[C@@H](C(C)C)[C@H](O)C(F)(F)F)cc1. The summed E-state index contributed by atoms with van der Waals surface area (Å²) in [6.07, 6.45) is -14.7. The molecule has 40 heavy (non-hydrogen) atoms. The van der Waals surface area contributed by atoms with Crippen LogP contribution in [0.15, 0.2) is 24.3 Å². The van der Waals surface area contributed by atoms with Crippen LogP contribution in [0.4, 0.5) is 26.3 Å². The number of aliphatic hydroxyl groups is 1. The first-order valence-corrected chi connectivity index (χ1v) is 12.3. The van der Waals surface area contributed by atoms with E-state index in [4.69, 9.17) is 9.47 Å². The second-order valence-corrected chi connectivity index (χ2v) is 10.5. The number of hydrogen-bond acceptors (Lipinski definition) is 7. The van der Waals surface area contributed by atoms with Crippen molar-refractivity contribution in [1.82, 2.24) is 5.32 Å². The topological polar surface area (TPSA) is 111 Å². The van der Waals surface area contributed by atoms with E-state index in [-0.39, 0.29) is 5.56 Å². The minimum absolute atomic E-state index is 0.0795. The molecule has 8 nitrogen and oxygen atoms in total. The first-order valence-electron chi connectivity index (χ1n) is 12.3. The van der Waals surface area contributed by atoms with E-state index in [1.165, 1.54) is 66.0 Å². The lowest BCUT2D eigenvalue weighted by Gasteiger charge is -2.29. The zero-order valence-corrected chi connectivity index (χ0v) is 23.0. The number of alkyl halides is 6. The number of hydrogen-bond donors (Lipinski definition) is 2. The van der Waals surface area contributed by atoms with Crippen molar-refractivity contribution < 1.29 is 60.0 Å². The molecule has 1 rings (SSSR count). The summed E-state index contributed by atoms with van der Waals surface area (Å²) in [5.41, 5.74) is -0.939. The number of nitrogens with one attached hydrogen (secondary N) is 1. The fourth-order valence-electron chi connectivity index (χ4n) is 3.72. The summed E-state index contributed by atoms with van der Waals surface area (Å²) in [6.45, 7) is 5.97. The van der Waals surface area contributed by atoms with Gasteiger partial charge < -0.3 is 19.9 Å². The number of aliphatic hydroxyl groups excluding tert-OH is 1. The van der Waals surface area contributed by atoms with Gasteiger partial charge in [-0.25, -0.2) is 0 Å². The number of carbonyl (C=O) groups excluding carboxylic acids is 3. The highest BCUT2D eigenvalue weighted by atomic mass is 19.4. The summed E-state index contributed by atoms with van der Waals surface area (Å²) < 4.78 is 91.9. The summed E-state index contributed by atoms with van der Waals surface area (Å²) in [6, 6.07) is 3.84. The Hall–Kier alpha value is -2.87. The maximum absolute atomic E-state index is 13.3. The van der Waals surface area contributed by atoms with Crippen LogP contribution in [0.3, 0.4) is 0 Å². The van der Waals surface area contributed by atoms with Crippen LogP contribution >= 0.6 is 0 Å². The molecular formula is C26H35F6NO7. The molecular weight excluding hydrogens is 552 g/mol. The van der Waals surface area contributed by atoms with Crippen molar-refractivity contribution in [2.45, 2.75) is 77.7 Å². The normalized spacial score (nSPS) is 15.7. The lowest BCUT2D eigenvalue weighted by molar-refractivity contribution is -0.327. The van der Waals surface area contributed by atoms with Crippen molar-refractivity contribution in [2.24, 2.45) is 17.8 Å². The first-order chi connectivity index (χ1) is 18.1. The number of benzene rings is 1. The molecule has 0 aliphatic rings. The smallest absolute Gasteiger partial charge is 0.497 e. The van der Waals surface area contributed by atoms with E-state index in [1.54, 1.807) is 0 Å². The van der Waals surface area contributed by atoms with E-state index in [0.29, 0.717) is 5.75 Å². The molecule has 0 bridgehead atoms. The van der Waals surface area contributed by atoms with E-state index >= 15 is 0 Å². The Balaban J connectivity index is 3.37. The highest BCUT2D eigenvalue weighted by Crippen LogP contribution is 2.34. The van der Waals surface area contributed by atoms with Gasteiger partial charge in [-0.15, -0.1) is 13.2 Å². The average molecular weight is 588 g/mol. The molecule has 0 aliphatic carbocycles. The molecule has 0 spiro atoms. The van der Waals surface area contributed by atoms with Crippen LogP contribution in [0.25, 0.3) is 0 Å². The molecule has 0 radical (unpaired) electrons. The second kappa shape index (κ2) is 14.2. The van der Waals surface area contributed by atoms with Gasteiger partial charge in [0.05, 0.1) is 26.1 Å². The van der Waals surface area contributed by atoms with Crippen LogP contribution in [0, 0.1) is 17.8 Å². The number of ketones is 1. The second-order valence-electron chi connectivity index (χ2n) is 10.5. The van der Waals surface area contributed by atoms with Gasteiger partial charge >= 0.3 is 18.5 Å². The molecule has 0 aliphatic heterocycles. The van der Waals surface area contributed by atoms with Gasteiger partial charge in [-0.1, -0.05) is 26.0 Å². The zero-order chi connectivity index (χ0) is 31.1. The quantitative estimate of drug-likeness (QED) is 0.250. The molecule has 1 amide bonds. The molecule has 0 saturated heterocycles. The predicted molar refractivity (Wildman–Crippen MR) is 130 cm³/mol. The van der Waals surface area contributed by atoms with Crippen molar-refractivity contribution in [1.29, 1.82) is 0 Å². The fraction of sp³-hybridized carbons (Fsp3) is 0.654. The summed E-state index contributed by atoms with van der Waals surface area (Å²) >= 11 is 0. The van der Waals surface area contributed by atoms with Crippen LogP contribution in [-0.4, -0.2) is 60.7 Å². The Kier molecular flexibility index (Phi) is 12.4. The molecule has 0 heterocycles. The van der Waals surface area contributed by atoms with Gasteiger partial charge in [0.1, 0.15) is 17.4 Å². The molecule has 14 heteroatoms. The third-order valence-corrected chi connectivity index (χ3v) is 5.74. The maximum Gasteiger partial charge on any atom is 0.522 e. The van der Waals surface area contributed by atoms with Gasteiger partial charge in [-0.3, -0.25) is 19.1 Å². The first kappa shape index (κ1) is 35.2. The van der Waals surface area contributed by atoms with E-state index in [1.807, 2.05) is 0 Å². The van der Waals surface area contributed by atoms with Gasteiger partial charge in [-0.05, 0) is 44.4 Å². The Bertz CT molecular complexity index is 987. The standard InChI is InChI=1S/C26H35F6NO7/c1-14(2)18(22(36)25(27,28)29)12-19(34)21(15-7-9-17(38-6)10-8-15)33-23(37)16(13-39-26(30,31)32)11-20(35)40-24(3,4)5/h7-10,14,16,18,21-22,36H,11-13H2,1-6H3,(H,33,37)/t16-,18-,21-,22-/m0/s1. The summed E-state index contributed by atoms with van der Waals surface area (Å²) in [7, 11) is 1.35. The van der Waals surface area contributed by atoms with Crippen molar-refractivity contribution in [2.75, 3.05) is 13.7 Å². The molecule has 0 saturated carbocycles. The summed E-state index contributed by atoms with van der Waals surface area (Å²) in [5, 5.41) is 12.1. The highest BCUT2D eigenvalue weighted by Gasteiger charge is 2.46. The van der Waals surface area contributed by atoms with Crippen LogP contribution in [0.1, 0.15) is 59.1 Å². The molecule has 1 aromatic rings. The maximum atomic E-state index is 13.3. The van der Waals surface area contributed by atoms with Crippen molar-refractivity contribution in [3.05, 3.63) is 29.8 Å². The van der Waals surface area contributed by atoms with E-state index in [0.717, 1.165) is 0 Å². The number of rotatable bonds is 13. The molecule has 228 valence electrons. The van der Waals surface area contributed by atoms with Crippen LogP contribution < -0.4 is 10.1 Å². The number of carbonyl (C=O) groups is 3.